The highest BCUT2D eigenvalue weighted by molar-refractivity contribution is 5.13. The molecule has 0 saturated carbocycles. The van der Waals surface area contributed by atoms with E-state index in [0.717, 1.165) is 6.42 Å². The van der Waals surface area contributed by atoms with Crippen LogP contribution in [0.15, 0.2) is 42.5 Å². The van der Waals surface area contributed by atoms with Gasteiger partial charge in [-0.1, -0.05) is 42.5 Å². The molecule has 0 aromatic heterocycles. The lowest BCUT2D eigenvalue weighted by molar-refractivity contribution is 0.0100. The van der Waals surface area contributed by atoms with Gasteiger partial charge < -0.3 is 9.84 Å². The van der Waals surface area contributed by atoms with E-state index in [-0.39, 0.29) is 12.2 Å². The molecule has 2 rings (SSSR count). The van der Waals surface area contributed by atoms with Crippen LogP contribution >= 0.6 is 0 Å². The van der Waals surface area contributed by atoms with Crippen LogP contribution < -0.4 is 0 Å². The van der Waals surface area contributed by atoms with E-state index in [9.17, 15) is 5.11 Å². The van der Waals surface area contributed by atoms with Gasteiger partial charge in [0.25, 0.3) is 0 Å². The lowest BCUT2D eigenvalue weighted by atomic mass is 10.0. The summed E-state index contributed by atoms with van der Waals surface area (Å²) < 4.78 is 5.73. The third kappa shape index (κ3) is 3.18. The van der Waals surface area contributed by atoms with E-state index < -0.39 is 0 Å². The zero-order valence-corrected chi connectivity index (χ0v) is 8.67. The van der Waals surface area contributed by atoms with Crippen molar-refractivity contribution in [3.63, 3.8) is 0 Å². The average molecular weight is 204 g/mol. The lowest BCUT2D eigenvalue weighted by Crippen LogP contribution is -2.22. The minimum atomic E-state index is -0.334. The summed E-state index contributed by atoms with van der Waals surface area (Å²) in [6.45, 7) is 0.631. The zero-order chi connectivity index (χ0) is 10.5. The van der Waals surface area contributed by atoms with E-state index in [4.69, 9.17) is 4.74 Å². The van der Waals surface area contributed by atoms with E-state index in [0.29, 0.717) is 13.0 Å². The Morgan fingerprint density at radius 3 is 2.80 bits per heavy atom. The second kappa shape index (κ2) is 5.10. The van der Waals surface area contributed by atoms with Crippen molar-refractivity contribution >= 4 is 0 Å². The molecule has 0 fully saturated rings. The smallest absolute Gasteiger partial charge is 0.0745 e. The summed E-state index contributed by atoms with van der Waals surface area (Å²) in [4.78, 5) is 0. The summed E-state index contributed by atoms with van der Waals surface area (Å²) in [7, 11) is 0. The topological polar surface area (TPSA) is 29.5 Å². The van der Waals surface area contributed by atoms with Crippen LogP contribution in [-0.4, -0.2) is 17.3 Å². The number of hydrogen-bond donors (Lipinski definition) is 1. The average Bonchev–Trinajstić information content (AvgIpc) is 2.28. The molecule has 80 valence electrons. The van der Waals surface area contributed by atoms with Crippen LogP contribution in [0.2, 0.25) is 0 Å². The maximum Gasteiger partial charge on any atom is 0.0745 e. The van der Waals surface area contributed by atoms with Gasteiger partial charge in [-0.25, -0.2) is 0 Å². The highest BCUT2D eigenvalue weighted by Gasteiger charge is 2.15. The van der Waals surface area contributed by atoms with Crippen molar-refractivity contribution in [1.29, 1.82) is 0 Å². The molecule has 0 aliphatic heterocycles. The minimum Gasteiger partial charge on any atom is -0.389 e. The monoisotopic (exact) mass is 204 g/mol. The first-order valence-electron chi connectivity index (χ1n) is 5.35. The molecular formula is C13H16O2. The molecule has 0 radical (unpaired) electrons. The van der Waals surface area contributed by atoms with Gasteiger partial charge in [-0.2, -0.15) is 0 Å². The number of ether oxygens (including phenoxy) is 1. The highest BCUT2D eigenvalue weighted by Crippen LogP contribution is 2.16. The Morgan fingerprint density at radius 1 is 1.27 bits per heavy atom. The Kier molecular flexibility index (Phi) is 3.54. The van der Waals surface area contributed by atoms with Crippen LogP contribution in [-0.2, 0) is 11.3 Å². The van der Waals surface area contributed by atoms with E-state index in [2.05, 4.69) is 12.1 Å². The van der Waals surface area contributed by atoms with Gasteiger partial charge in [-0.15, -0.1) is 0 Å². The fourth-order valence-corrected chi connectivity index (χ4v) is 1.76. The van der Waals surface area contributed by atoms with Crippen LogP contribution in [0, 0.1) is 0 Å². The summed E-state index contributed by atoms with van der Waals surface area (Å²) in [6.07, 6.45) is 5.27. The van der Waals surface area contributed by atoms with Crippen LogP contribution in [0.3, 0.4) is 0 Å². The van der Waals surface area contributed by atoms with E-state index in [1.54, 1.807) is 0 Å². The minimum absolute atomic E-state index is 0.158. The molecule has 1 aliphatic rings. The first-order valence-corrected chi connectivity index (χ1v) is 5.35. The molecule has 1 aromatic carbocycles. The van der Waals surface area contributed by atoms with Crippen LogP contribution in [0.5, 0.6) is 0 Å². The first-order chi connectivity index (χ1) is 7.34. The molecule has 2 heteroatoms. The molecule has 0 bridgehead atoms. The number of benzene rings is 1. The summed E-state index contributed by atoms with van der Waals surface area (Å²) in [5.41, 5.74) is 1.18. The lowest BCUT2D eigenvalue weighted by Gasteiger charge is -2.21. The zero-order valence-electron chi connectivity index (χ0n) is 8.67. The quantitative estimate of drug-likeness (QED) is 0.765. The Labute approximate surface area is 90.2 Å². The van der Waals surface area contributed by atoms with Crippen molar-refractivity contribution < 1.29 is 9.84 Å². The summed E-state index contributed by atoms with van der Waals surface area (Å²) in [5.74, 6) is 0. The molecule has 0 saturated heterocycles. The fraction of sp³-hybridized carbons (Fsp3) is 0.385. The first kappa shape index (κ1) is 10.4. The van der Waals surface area contributed by atoms with Gasteiger partial charge in [0.2, 0.25) is 0 Å². The van der Waals surface area contributed by atoms with Gasteiger partial charge in [-0.05, 0) is 12.0 Å². The van der Waals surface area contributed by atoms with Crippen molar-refractivity contribution in [3.05, 3.63) is 48.0 Å². The van der Waals surface area contributed by atoms with Crippen LogP contribution in [0.25, 0.3) is 0 Å². The molecule has 2 nitrogen and oxygen atoms in total. The molecule has 2 atom stereocenters. The Balaban J connectivity index is 1.81. The summed E-state index contributed by atoms with van der Waals surface area (Å²) >= 11 is 0. The van der Waals surface area contributed by atoms with Crippen molar-refractivity contribution in [3.8, 4) is 0 Å². The molecule has 0 heterocycles. The van der Waals surface area contributed by atoms with E-state index in [1.807, 2.05) is 30.4 Å². The Morgan fingerprint density at radius 2 is 2.07 bits per heavy atom. The molecule has 0 unspecified atom stereocenters. The van der Waals surface area contributed by atoms with Gasteiger partial charge >= 0.3 is 0 Å². The Bertz CT molecular complexity index is 319. The maximum absolute atomic E-state index is 9.41. The van der Waals surface area contributed by atoms with Crippen LogP contribution in [0.4, 0.5) is 0 Å². The van der Waals surface area contributed by atoms with Gasteiger partial charge in [-0.3, -0.25) is 0 Å². The predicted molar refractivity (Wildman–Crippen MR) is 59.4 cm³/mol. The van der Waals surface area contributed by atoms with Crippen molar-refractivity contribution in [2.75, 3.05) is 0 Å². The van der Waals surface area contributed by atoms with Crippen molar-refractivity contribution in [1.82, 2.24) is 0 Å². The fourth-order valence-electron chi connectivity index (χ4n) is 1.76. The van der Waals surface area contributed by atoms with Gasteiger partial charge in [0.1, 0.15) is 0 Å². The molecule has 1 N–H and O–H groups in total. The number of hydrogen-bond acceptors (Lipinski definition) is 2. The molecule has 0 amide bonds. The SMILES string of the molecule is O[C@H]1C=CC[C@H](OCc2ccccc2)C1. The molecule has 0 spiro atoms. The van der Waals surface area contributed by atoms with Gasteiger partial charge in [0.15, 0.2) is 0 Å². The number of aliphatic hydroxyl groups is 1. The molecule has 1 aromatic rings. The molecule has 15 heavy (non-hydrogen) atoms. The summed E-state index contributed by atoms with van der Waals surface area (Å²) in [6, 6.07) is 10.1. The second-order valence-electron chi connectivity index (χ2n) is 3.89. The van der Waals surface area contributed by atoms with Crippen LogP contribution in [0.1, 0.15) is 18.4 Å². The van der Waals surface area contributed by atoms with Gasteiger partial charge in [0.05, 0.1) is 18.8 Å². The van der Waals surface area contributed by atoms with E-state index >= 15 is 0 Å². The van der Waals surface area contributed by atoms with E-state index in [1.165, 1.54) is 5.56 Å². The molecule has 1 aliphatic carbocycles. The highest BCUT2D eigenvalue weighted by atomic mass is 16.5. The van der Waals surface area contributed by atoms with Crippen molar-refractivity contribution in [2.45, 2.75) is 31.7 Å². The third-order valence-corrected chi connectivity index (χ3v) is 2.59. The number of rotatable bonds is 3. The number of aliphatic hydroxyl groups excluding tert-OH is 1. The molecular weight excluding hydrogens is 188 g/mol. The third-order valence-electron chi connectivity index (χ3n) is 2.59. The second-order valence-corrected chi connectivity index (χ2v) is 3.89. The Hall–Kier alpha value is -1.12. The maximum atomic E-state index is 9.41. The normalized spacial score (nSPS) is 25.4. The predicted octanol–water partition coefficient (Wildman–Crippen LogP) is 2.28. The van der Waals surface area contributed by atoms with Gasteiger partial charge in [0, 0.05) is 6.42 Å². The standard InChI is InChI=1S/C13H16O2/c14-12-7-4-8-13(9-12)15-10-11-5-2-1-3-6-11/h1-7,12-14H,8-10H2/t12-,13-/m0/s1. The van der Waals surface area contributed by atoms with Crippen molar-refractivity contribution in [2.24, 2.45) is 0 Å². The largest absolute Gasteiger partial charge is 0.389 e. The summed E-state index contributed by atoms with van der Waals surface area (Å²) in [5, 5.41) is 9.41.